The number of nitrogens with one attached hydrogen (secondary N) is 2. The van der Waals surface area contributed by atoms with Crippen molar-refractivity contribution in [2.45, 2.75) is 70.9 Å². The van der Waals surface area contributed by atoms with E-state index in [9.17, 15) is 15.0 Å². The van der Waals surface area contributed by atoms with E-state index in [0.29, 0.717) is 18.0 Å². The van der Waals surface area contributed by atoms with Crippen LogP contribution in [-0.2, 0) is 24.2 Å². The Morgan fingerprint density at radius 1 is 0.943 bits per heavy atom. The number of aromatic hydroxyl groups is 1. The number of aryl methyl sites for hydroxylation is 1. The first-order valence-corrected chi connectivity index (χ1v) is 13.2. The van der Waals surface area contributed by atoms with Crippen molar-refractivity contribution in [1.29, 1.82) is 0 Å². The van der Waals surface area contributed by atoms with Gasteiger partial charge in [-0.3, -0.25) is 4.79 Å². The Balaban J connectivity index is 1.39. The average Bonchev–Trinajstić information content (AvgIpc) is 2.87. The number of aliphatic hydroxyl groups excluding tert-OH is 1. The fraction of sp³-hybridized carbons (Fsp3) is 0.552. The molecule has 1 saturated carbocycles. The van der Waals surface area contributed by atoms with E-state index in [2.05, 4.69) is 46.7 Å². The summed E-state index contributed by atoms with van der Waals surface area (Å²) >= 11 is 0. The highest BCUT2D eigenvalue weighted by molar-refractivity contribution is 5.76. The van der Waals surface area contributed by atoms with Gasteiger partial charge in [-0.25, -0.2) is 0 Å². The highest BCUT2D eigenvalue weighted by Gasteiger charge is 2.24. The molecule has 35 heavy (non-hydrogen) atoms. The Hall–Kier alpha value is -2.41. The third kappa shape index (κ3) is 9.28. The molecule has 0 saturated heterocycles. The van der Waals surface area contributed by atoms with Gasteiger partial charge in [0, 0.05) is 37.7 Å². The van der Waals surface area contributed by atoms with E-state index in [1.807, 2.05) is 12.1 Å². The Kier molecular flexibility index (Phi) is 11.5. The minimum absolute atomic E-state index is 0.135. The molecule has 1 amide bonds. The van der Waals surface area contributed by atoms with E-state index in [1.165, 1.54) is 30.4 Å². The van der Waals surface area contributed by atoms with Crippen molar-refractivity contribution in [3.8, 4) is 5.75 Å². The van der Waals surface area contributed by atoms with Gasteiger partial charge in [-0.2, -0.15) is 0 Å². The zero-order valence-electron chi connectivity index (χ0n) is 21.3. The first kappa shape index (κ1) is 27.2. The van der Waals surface area contributed by atoms with Crippen molar-refractivity contribution < 1.29 is 15.0 Å². The number of hydrogen-bond acceptors (Lipinski definition) is 5. The standard InChI is InChI=1S/C29H43N3O3/c1-23-6-5-7-24(20-23)12-15-30-17-14-29(35)32(27-8-3-2-4-9-27)19-18-31-16-13-25-10-11-28(34)26(21-25)22-33/h5-7,10-11,20-21,27,30-31,33-34H,2-4,8-9,12-19,22H2,1H3. The normalized spacial score (nSPS) is 14.2. The summed E-state index contributed by atoms with van der Waals surface area (Å²) in [6.45, 7) is 5.87. The lowest BCUT2D eigenvalue weighted by Crippen LogP contribution is -2.45. The average molecular weight is 482 g/mol. The van der Waals surface area contributed by atoms with Gasteiger partial charge in [-0.1, -0.05) is 55.2 Å². The number of phenols is 1. The van der Waals surface area contributed by atoms with Crippen LogP contribution in [0.3, 0.4) is 0 Å². The summed E-state index contributed by atoms with van der Waals surface area (Å²) in [5.41, 5.74) is 4.26. The predicted molar refractivity (Wildman–Crippen MR) is 142 cm³/mol. The summed E-state index contributed by atoms with van der Waals surface area (Å²) in [5, 5.41) is 26.0. The first-order valence-electron chi connectivity index (χ1n) is 13.2. The van der Waals surface area contributed by atoms with Crippen LogP contribution in [-0.4, -0.2) is 59.8 Å². The second kappa shape index (κ2) is 14.9. The van der Waals surface area contributed by atoms with Gasteiger partial charge < -0.3 is 25.7 Å². The third-order valence-corrected chi connectivity index (χ3v) is 6.96. The van der Waals surface area contributed by atoms with Gasteiger partial charge in [0.05, 0.1) is 6.61 Å². The van der Waals surface area contributed by atoms with Gasteiger partial charge in [0.2, 0.25) is 5.91 Å². The number of hydrogen-bond donors (Lipinski definition) is 4. The molecule has 6 nitrogen and oxygen atoms in total. The van der Waals surface area contributed by atoms with E-state index in [4.69, 9.17) is 0 Å². The number of benzene rings is 2. The maximum Gasteiger partial charge on any atom is 0.224 e. The van der Waals surface area contributed by atoms with E-state index in [0.717, 1.165) is 64.0 Å². The maximum absolute atomic E-state index is 13.1. The van der Waals surface area contributed by atoms with Crippen LogP contribution in [0.1, 0.15) is 60.8 Å². The fourth-order valence-electron chi connectivity index (χ4n) is 4.95. The van der Waals surface area contributed by atoms with Gasteiger partial charge >= 0.3 is 0 Å². The van der Waals surface area contributed by atoms with E-state index in [-0.39, 0.29) is 18.3 Å². The topological polar surface area (TPSA) is 84.8 Å². The molecule has 192 valence electrons. The molecule has 6 heteroatoms. The van der Waals surface area contributed by atoms with Gasteiger partial charge in [-0.05, 0) is 69.0 Å². The third-order valence-electron chi connectivity index (χ3n) is 6.96. The molecular formula is C29H43N3O3. The Labute approximate surface area is 210 Å². The first-order chi connectivity index (χ1) is 17.1. The predicted octanol–water partition coefficient (Wildman–Crippen LogP) is 3.71. The lowest BCUT2D eigenvalue weighted by atomic mass is 9.94. The lowest BCUT2D eigenvalue weighted by Gasteiger charge is -2.34. The van der Waals surface area contributed by atoms with Crippen LogP contribution in [0.2, 0.25) is 0 Å². The minimum atomic E-state index is -0.160. The molecule has 0 heterocycles. The van der Waals surface area contributed by atoms with Crippen molar-refractivity contribution >= 4 is 5.91 Å². The lowest BCUT2D eigenvalue weighted by molar-refractivity contribution is -0.134. The fourth-order valence-corrected chi connectivity index (χ4v) is 4.95. The van der Waals surface area contributed by atoms with Crippen molar-refractivity contribution in [3.05, 3.63) is 64.7 Å². The van der Waals surface area contributed by atoms with E-state index < -0.39 is 0 Å². The van der Waals surface area contributed by atoms with Crippen molar-refractivity contribution in [2.24, 2.45) is 0 Å². The van der Waals surface area contributed by atoms with Crippen LogP contribution in [0.4, 0.5) is 0 Å². The quantitative estimate of drug-likeness (QED) is 0.309. The summed E-state index contributed by atoms with van der Waals surface area (Å²) < 4.78 is 0. The van der Waals surface area contributed by atoms with Crippen LogP contribution in [0.15, 0.2) is 42.5 Å². The molecular weight excluding hydrogens is 438 g/mol. The molecule has 2 aromatic carbocycles. The number of amides is 1. The van der Waals surface area contributed by atoms with Crippen molar-refractivity contribution in [3.63, 3.8) is 0 Å². The zero-order chi connectivity index (χ0) is 24.9. The molecule has 3 rings (SSSR count). The van der Waals surface area contributed by atoms with Gasteiger partial charge in [0.1, 0.15) is 5.75 Å². The van der Waals surface area contributed by atoms with E-state index >= 15 is 0 Å². The second-order valence-electron chi connectivity index (χ2n) is 9.74. The second-order valence-corrected chi connectivity index (χ2v) is 9.74. The highest BCUT2D eigenvalue weighted by Crippen LogP contribution is 2.23. The smallest absolute Gasteiger partial charge is 0.224 e. The highest BCUT2D eigenvalue weighted by atomic mass is 16.3. The molecule has 0 aromatic heterocycles. The van der Waals surface area contributed by atoms with Crippen molar-refractivity contribution in [2.75, 3.05) is 32.7 Å². The summed E-state index contributed by atoms with van der Waals surface area (Å²) in [6.07, 6.45) is 8.27. The monoisotopic (exact) mass is 481 g/mol. The maximum atomic E-state index is 13.1. The van der Waals surface area contributed by atoms with Gasteiger partial charge in [-0.15, -0.1) is 0 Å². The van der Waals surface area contributed by atoms with Crippen LogP contribution >= 0.6 is 0 Å². The number of carbonyl (C=O) groups excluding carboxylic acids is 1. The minimum Gasteiger partial charge on any atom is -0.508 e. The number of rotatable bonds is 14. The molecule has 0 atom stereocenters. The van der Waals surface area contributed by atoms with Gasteiger partial charge in [0.15, 0.2) is 0 Å². The van der Waals surface area contributed by atoms with Gasteiger partial charge in [0.25, 0.3) is 0 Å². The zero-order valence-corrected chi connectivity index (χ0v) is 21.3. The van der Waals surface area contributed by atoms with Crippen LogP contribution in [0.5, 0.6) is 5.75 Å². The van der Waals surface area contributed by atoms with Crippen LogP contribution < -0.4 is 10.6 Å². The molecule has 1 aliphatic carbocycles. The molecule has 1 fully saturated rings. The van der Waals surface area contributed by atoms with E-state index in [1.54, 1.807) is 6.07 Å². The Morgan fingerprint density at radius 2 is 1.66 bits per heavy atom. The molecule has 0 spiro atoms. The largest absolute Gasteiger partial charge is 0.508 e. The molecule has 0 aliphatic heterocycles. The number of aliphatic hydroxyl groups is 1. The van der Waals surface area contributed by atoms with Crippen LogP contribution in [0, 0.1) is 6.92 Å². The molecule has 0 radical (unpaired) electrons. The molecule has 0 bridgehead atoms. The van der Waals surface area contributed by atoms with Crippen LogP contribution in [0.25, 0.3) is 0 Å². The number of nitrogens with zero attached hydrogens (tertiary/aromatic N) is 1. The molecule has 0 unspecified atom stereocenters. The molecule has 4 N–H and O–H groups in total. The molecule has 2 aromatic rings. The van der Waals surface area contributed by atoms with Crippen molar-refractivity contribution in [1.82, 2.24) is 15.5 Å². The summed E-state index contributed by atoms with van der Waals surface area (Å²) in [7, 11) is 0. The summed E-state index contributed by atoms with van der Waals surface area (Å²) in [4.78, 5) is 15.2. The summed E-state index contributed by atoms with van der Waals surface area (Å²) in [6, 6.07) is 14.3. The Morgan fingerprint density at radius 3 is 2.37 bits per heavy atom. The SMILES string of the molecule is Cc1cccc(CCNCCC(=O)N(CCNCCc2ccc(O)c(CO)c2)C2CCCCC2)c1. The summed E-state index contributed by atoms with van der Waals surface area (Å²) in [5.74, 6) is 0.392. The molecule has 1 aliphatic rings. The number of carbonyl (C=O) groups is 1. The Bertz CT molecular complexity index is 912.